The van der Waals surface area contributed by atoms with Crippen LogP contribution in [0.15, 0.2) is 25.0 Å². The van der Waals surface area contributed by atoms with Crippen LogP contribution in [0.4, 0.5) is 0 Å². The minimum atomic E-state index is -0.438. The second-order valence-electron chi connectivity index (χ2n) is 40.6. The van der Waals surface area contributed by atoms with E-state index in [0.717, 1.165) is 23.5 Å². The number of hydrogen-bond donors (Lipinski definition) is 0. The Morgan fingerprint density at radius 2 is 0.552 bits per heavy atom. The summed E-state index contributed by atoms with van der Waals surface area (Å²) in [6.07, 6.45) is 0. The Hall–Kier alpha value is -1.91. The van der Waals surface area contributed by atoms with E-state index in [4.69, 9.17) is 28.4 Å². The molecule has 4 saturated heterocycles. The van der Waals surface area contributed by atoms with Gasteiger partial charge in [-0.3, -0.25) is 14.9 Å². The third-order valence-electron chi connectivity index (χ3n) is 28.3. The molecule has 0 aromatic heterocycles. The van der Waals surface area contributed by atoms with Crippen LogP contribution in [0, 0.1) is 21.7 Å². The highest BCUT2D eigenvalue weighted by atomic mass is 32.2. The van der Waals surface area contributed by atoms with Crippen LogP contribution in [0.2, 0.25) is 0 Å². The largest absolute Gasteiger partial charge is 0.473 e. The molecule has 9 rings (SSSR count). The summed E-state index contributed by atoms with van der Waals surface area (Å²) in [4.78, 5) is 27.0. The minimum absolute atomic E-state index is 0.0475. The number of thioether (sulfide) groups is 2. The van der Waals surface area contributed by atoms with E-state index in [2.05, 4.69) is 379 Å². The maximum Gasteiger partial charge on any atom is 0.181 e. The van der Waals surface area contributed by atoms with Crippen molar-refractivity contribution in [3.63, 3.8) is 0 Å². The summed E-state index contributed by atoms with van der Waals surface area (Å²) in [7, 11) is 4.37. The fourth-order valence-electron chi connectivity index (χ4n) is 13.3. The van der Waals surface area contributed by atoms with Crippen molar-refractivity contribution < 1.29 is 28.4 Å². The quantitative estimate of drug-likeness (QED) is 0.232. The first kappa shape index (κ1) is 92.1. The molecule has 15 heteroatoms. The summed E-state index contributed by atoms with van der Waals surface area (Å²) < 4.78 is 34.9. The molecule has 566 valence electrons. The van der Waals surface area contributed by atoms with Crippen LogP contribution in [0.1, 0.15) is 353 Å². The van der Waals surface area contributed by atoms with Gasteiger partial charge >= 0.3 is 0 Å². The number of amidine groups is 1. The maximum absolute atomic E-state index is 5.73. The molecule has 0 spiro atoms. The summed E-state index contributed by atoms with van der Waals surface area (Å²) in [5.74, 6) is 3.10. The zero-order valence-electron chi connectivity index (χ0n) is 73.4. The summed E-state index contributed by atoms with van der Waals surface area (Å²) >= 11 is 3.97. The lowest BCUT2D eigenvalue weighted by Crippen LogP contribution is -2.68. The average Bonchev–Trinajstić information content (AvgIpc) is 1.35. The van der Waals surface area contributed by atoms with Gasteiger partial charge < -0.3 is 33.3 Å². The molecule has 0 radical (unpaired) electrons. The molecule has 9 heterocycles. The summed E-state index contributed by atoms with van der Waals surface area (Å²) in [5, 5.41) is 1.22. The number of rotatable bonds is 0. The van der Waals surface area contributed by atoms with Crippen LogP contribution < -0.4 is 0 Å². The van der Waals surface area contributed by atoms with Crippen molar-refractivity contribution in [3.8, 4) is 0 Å². The van der Waals surface area contributed by atoms with E-state index >= 15 is 0 Å². The monoisotopic (exact) mass is 1390 g/mol. The van der Waals surface area contributed by atoms with Crippen LogP contribution >= 0.6 is 23.5 Å². The number of aliphatic imine (C=N–C) groups is 5. The zero-order valence-corrected chi connectivity index (χ0v) is 75.0. The SMILES string of the molecule is CC1(C)OC(C)(C)C(C)(C)O1.CC1(C)OC(C)(C)C1(C)C.CC1(C)SC(C)(C)C1(C)C.CC1=NC(C)(C)C(C)(C)N1C.CC1=NC(C)(C)C(C)(C)O1.CC1=NC(C)(C)C(C)(C)O1.CC1=NC(C)(C)C(C)(C)O1.CC1=NC(C)(C)C(C)(C)S1.CN1C(C)(C)C(C)(C)C(C)(C)C1(C)C. The molecule has 96 heavy (non-hydrogen) atoms. The molecule has 0 aromatic rings. The van der Waals surface area contributed by atoms with Crippen LogP contribution in [0.5, 0.6) is 0 Å². The molecule has 0 unspecified atom stereocenters. The van der Waals surface area contributed by atoms with E-state index in [1.807, 2.05) is 46.4 Å². The standard InChI is InChI=1S/C13H27N.C9H18N2.C9H18O2.C9H18O.C9H18S.3C8H15NO.C8H15NS/c1-10(2)11(3,4)13(7,8)14(9)12(10,5)6;1-7-10-8(2,3)9(4,5)11(7)6;1-7(2)8(3,4)11-9(5,6)10-7;2*1-7(2)8(3,4)10-9(7,5)6;4*1-6-9-7(2,3)8(4,5)10-6/h1-9H3;2*1-6H3;2*1-6H3;4*1-5H3. The molecule has 0 atom stereocenters. The molecular weight excluding hydrogens is 1230 g/mol. The highest BCUT2D eigenvalue weighted by molar-refractivity contribution is 8.15. The molecular formula is C81H159N7O6S2. The van der Waals surface area contributed by atoms with Crippen molar-refractivity contribution in [2.75, 3.05) is 14.1 Å². The fourth-order valence-corrected chi connectivity index (χ4v) is 16.8. The summed E-state index contributed by atoms with van der Waals surface area (Å²) in [6.45, 7) is 111. The van der Waals surface area contributed by atoms with Crippen molar-refractivity contribution in [3.05, 3.63) is 0 Å². The van der Waals surface area contributed by atoms with Gasteiger partial charge in [-0.05, 0) is 273 Å². The second-order valence-corrected chi connectivity index (χ2v) is 44.7. The molecule has 0 aliphatic carbocycles. The molecule has 0 N–H and O–H groups in total. The Labute approximate surface area is 604 Å². The lowest BCUT2D eigenvalue weighted by Gasteiger charge is -2.64. The van der Waals surface area contributed by atoms with E-state index in [1.54, 1.807) is 0 Å². The highest BCUT2D eigenvalue weighted by Crippen LogP contribution is 2.67. The van der Waals surface area contributed by atoms with Gasteiger partial charge in [-0.15, -0.1) is 23.5 Å². The smallest absolute Gasteiger partial charge is 0.181 e. The van der Waals surface area contributed by atoms with E-state index in [-0.39, 0.29) is 88.3 Å². The van der Waals surface area contributed by atoms with E-state index in [9.17, 15) is 0 Å². The minimum Gasteiger partial charge on any atom is -0.473 e. The fraction of sp³-hybridized carbons (Fsp3) is 0.938. The third-order valence-corrected chi connectivity index (χ3v) is 31.7. The van der Waals surface area contributed by atoms with Gasteiger partial charge in [0.1, 0.15) is 16.8 Å². The first-order chi connectivity index (χ1) is 41.2. The molecule has 9 aliphatic rings. The lowest BCUT2D eigenvalue weighted by molar-refractivity contribution is -0.339. The third kappa shape index (κ3) is 18.0. The van der Waals surface area contributed by atoms with Gasteiger partial charge in [0.05, 0.1) is 66.5 Å². The van der Waals surface area contributed by atoms with Gasteiger partial charge in [-0.1, -0.05) is 83.1 Å². The Balaban J connectivity index is 0.000000541. The Morgan fingerprint density at radius 1 is 0.271 bits per heavy atom. The van der Waals surface area contributed by atoms with Crippen molar-refractivity contribution in [2.24, 2.45) is 46.6 Å². The Bertz CT molecular complexity index is 2590. The van der Waals surface area contributed by atoms with Crippen LogP contribution in [-0.2, 0) is 28.4 Å². The van der Waals surface area contributed by atoms with Crippen LogP contribution in [-0.4, -0.2) is 156 Å². The maximum atomic E-state index is 5.73. The molecule has 0 bridgehead atoms. The van der Waals surface area contributed by atoms with Crippen LogP contribution in [0.3, 0.4) is 0 Å². The van der Waals surface area contributed by atoms with E-state index in [1.165, 1.54) is 5.04 Å². The average molecular weight is 1390 g/mol. The molecule has 4 fully saturated rings. The Kier molecular flexibility index (Phi) is 26.2. The summed E-state index contributed by atoms with van der Waals surface area (Å²) in [5.41, 5.74) is 1.28. The molecule has 13 nitrogen and oxygen atoms in total. The van der Waals surface area contributed by atoms with Crippen molar-refractivity contribution in [2.45, 2.75) is 457 Å². The number of ether oxygens (including phenoxy) is 6. The van der Waals surface area contributed by atoms with Gasteiger partial charge in [0.25, 0.3) is 0 Å². The zero-order chi connectivity index (χ0) is 77.7. The topological polar surface area (TPSA) is 124 Å². The van der Waals surface area contributed by atoms with E-state index in [0.29, 0.717) is 31.2 Å². The van der Waals surface area contributed by atoms with Gasteiger partial charge in [0.15, 0.2) is 23.5 Å². The van der Waals surface area contributed by atoms with E-state index < -0.39 is 5.79 Å². The molecule has 0 aromatic carbocycles. The summed E-state index contributed by atoms with van der Waals surface area (Å²) in [6, 6.07) is 0. The number of likely N-dealkylation sites (N-methyl/N-ethyl adjacent to an activating group) is 1. The van der Waals surface area contributed by atoms with Gasteiger partial charge in [0.2, 0.25) is 0 Å². The normalized spacial score (nSPS) is 30.1. The van der Waals surface area contributed by atoms with Gasteiger partial charge in [-0.25, -0.2) is 15.0 Å². The molecule has 0 amide bonds. The lowest BCUT2D eigenvalue weighted by atomic mass is 9.57. The predicted molar refractivity (Wildman–Crippen MR) is 425 cm³/mol. The molecule has 9 aliphatic heterocycles. The number of hydrogen-bond acceptors (Lipinski definition) is 15. The predicted octanol–water partition coefficient (Wildman–Crippen LogP) is 22.4. The Morgan fingerprint density at radius 3 is 0.604 bits per heavy atom. The number of likely N-dealkylation sites (tertiary alicyclic amines) is 1. The number of nitrogens with zero attached hydrogens (tertiary/aromatic N) is 7. The molecule has 0 saturated carbocycles. The van der Waals surface area contributed by atoms with Gasteiger partial charge in [-0.2, -0.15) is 0 Å². The van der Waals surface area contributed by atoms with Crippen molar-refractivity contribution >= 4 is 52.1 Å². The second kappa shape index (κ2) is 27.3. The van der Waals surface area contributed by atoms with Crippen molar-refractivity contribution in [1.82, 2.24) is 9.80 Å². The van der Waals surface area contributed by atoms with Gasteiger partial charge in [0, 0.05) is 58.6 Å². The van der Waals surface area contributed by atoms with Crippen molar-refractivity contribution in [1.29, 1.82) is 0 Å². The highest BCUT2D eigenvalue weighted by Gasteiger charge is 2.66. The first-order valence-corrected chi connectivity index (χ1v) is 37.7. The van der Waals surface area contributed by atoms with Crippen LogP contribution in [0.25, 0.3) is 0 Å². The first-order valence-electron chi connectivity index (χ1n) is 36.0.